The largest absolute Gasteiger partial charge is 0.384 e. The summed E-state index contributed by atoms with van der Waals surface area (Å²) in [6.07, 6.45) is 5.78. The van der Waals surface area contributed by atoms with Crippen LogP contribution in [0.3, 0.4) is 0 Å². The zero-order valence-corrected chi connectivity index (χ0v) is 17.7. The summed E-state index contributed by atoms with van der Waals surface area (Å²) in [4.78, 5) is 14.9. The Morgan fingerprint density at radius 3 is 2.74 bits per heavy atom. The molecule has 0 spiro atoms. The molecule has 3 N–H and O–H groups in total. The number of aromatic nitrogens is 2. The topological polar surface area (TPSA) is 84.9 Å². The van der Waals surface area contributed by atoms with Crippen LogP contribution in [0.4, 0.5) is 10.1 Å². The molecule has 1 aliphatic heterocycles. The number of hydrogen-bond acceptors (Lipinski definition) is 4. The standard InChI is InChI=1S/C24H26FN5O/c1-24(2)10-16(15-30(24)23(31)17-3-6-21(25)7-4-17)12-27-22-8-5-18(9-19(22)11-26)20-13-28-29-14-20/h3-9,11,13-14,16,26-27H,10,12,15H2,1-2H3,(H,28,29). The summed E-state index contributed by atoms with van der Waals surface area (Å²) in [6, 6.07) is 11.7. The number of halogens is 1. The number of carbonyl (C=O) groups is 1. The highest BCUT2D eigenvalue weighted by Crippen LogP contribution is 2.34. The van der Waals surface area contributed by atoms with Crippen LogP contribution in [0.2, 0.25) is 0 Å². The zero-order chi connectivity index (χ0) is 22.0. The van der Waals surface area contributed by atoms with E-state index >= 15 is 0 Å². The molecule has 160 valence electrons. The van der Waals surface area contributed by atoms with Crippen molar-refractivity contribution in [3.63, 3.8) is 0 Å². The molecule has 1 atom stereocenters. The Bertz CT molecular complexity index is 1080. The summed E-state index contributed by atoms with van der Waals surface area (Å²) in [5, 5.41) is 18.0. The molecular weight excluding hydrogens is 393 g/mol. The van der Waals surface area contributed by atoms with E-state index in [9.17, 15) is 9.18 Å². The van der Waals surface area contributed by atoms with Crippen LogP contribution in [0, 0.1) is 17.1 Å². The minimum Gasteiger partial charge on any atom is -0.384 e. The highest BCUT2D eigenvalue weighted by atomic mass is 19.1. The van der Waals surface area contributed by atoms with E-state index in [1.165, 1.54) is 30.5 Å². The fourth-order valence-corrected chi connectivity index (χ4v) is 4.32. The number of rotatable bonds is 6. The molecule has 0 saturated carbocycles. The first-order valence-corrected chi connectivity index (χ1v) is 10.3. The molecule has 3 aromatic rings. The van der Waals surface area contributed by atoms with Crippen molar-refractivity contribution in [3.8, 4) is 11.1 Å². The van der Waals surface area contributed by atoms with Gasteiger partial charge in [0.15, 0.2) is 0 Å². The first-order chi connectivity index (χ1) is 14.9. The van der Waals surface area contributed by atoms with Gasteiger partial charge in [-0.1, -0.05) is 6.07 Å². The predicted octanol–water partition coefficient (Wildman–Crippen LogP) is 4.57. The van der Waals surface area contributed by atoms with Crippen LogP contribution in [0.1, 0.15) is 36.2 Å². The zero-order valence-electron chi connectivity index (χ0n) is 17.7. The van der Waals surface area contributed by atoms with Crippen molar-refractivity contribution in [1.29, 1.82) is 5.41 Å². The first kappa shape index (κ1) is 20.8. The van der Waals surface area contributed by atoms with Gasteiger partial charge in [-0.25, -0.2) is 4.39 Å². The number of hydrogen-bond donors (Lipinski definition) is 3. The summed E-state index contributed by atoms with van der Waals surface area (Å²) in [5.74, 6) is -0.149. The van der Waals surface area contributed by atoms with Crippen molar-refractivity contribution in [1.82, 2.24) is 15.1 Å². The van der Waals surface area contributed by atoms with Crippen molar-refractivity contribution in [2.24, 2.45) is 5.92 Å². The monoisotopic (exact) mass is 419 g/mol. The Balaban J connectivity index is 1.44. The number of H-pyrrole nitrogens is 1. The molecule has 7 heteroatoms. The van der Waals surface area contributed by atoms with Gasteiger partial charge in [0.1, 0.15) is 5.82 Å². The number of amides is 1. The summed E-state index contributed by atoms with van der Waals surface area (Å²) in [7, 11) is 0. The molecule has 2 heterocycles. The van der Waals surface area contributed by atoms with Crippen LogP contribution in [0.5, 0.6) is 0 Å². The normalized spacial score (nSPS) is 17.5. The SMILES string of the molecule is CC1(C)CC(CNc2ccc(-c3cn[nH]c3)cc2C=N)CN1C(=O)c1ccc(F)cc1. The number of aromatic amines is 1. The Morgan fingerprint density at radius 1 is 1.29 bits per heavy atom. The van der Waals surface area contributed by atoms with Crippen LogP contribution >= 0.6 is 0 Å². The van der Waals surface area contributed by atoms with Gasteiger partial charge in [-0.15, -0.1) is 0 Å². The second-order valence-electron chi connectivity index (χ2n) is 8.62. The summed E-state index contributed by atoms with van der Waals surface area (Å²) in [5.41, 5.74) is 3.88. The van der Waals surface area contributed by atoms with E-state index < -0.39 is 0 Å². The van der Waals surface area contributed by atoms with E-state index in [-0.39, 0.29) is 23.2 Å². The molecule has 1 aliphatic rings. The quantitative estimate of drug-likeness (QED) is 0.512. The lowest BCUT2D eigenvalue weighted by molar-refractivity contribution is 0.0650. The van der Waals surface area contributed by atoms with Gasteiger partial charge < -0.3 is 15.6 Å². The number of anilines is 1. The second-order valence-corrected chi connectivity index (χ2v) is 8.62. The number of carbonyl (C=O) groups excluding carboxylic acids is 1. The Morgan fingerprint density at radius 2 is 2.06 bits per heavy atom. The number of nitrogens with one attached hydrogen (secondary N) is 3. The average molecular weight is 420 g/mol. The molecule has 1 saturated heterocycles. The highest BCUT2D eigenvalue weighted by molar-refractivity contribution is 5.95. The third-order valence-electron chi connectivity index (χ3n) is 5.92. The lowest BCUT2D eigenvalue weighted by Crippen LogP contribution is -2.42. The van der Waals surface area contributed by atoms with E-state index in [1.54, 1.807) is 6.20 Å². The Kier molecular flexibility index (Phi) is 5.59. The van der Waals surface area contributed by atoms with Crippen molar-refractivity contribution in [3.05, 3.63) is 71.8 Å². The first-order valence-electron chi connectivity index (χ1n) is 10.3. The van der Waals surface area contributed by atoms with E-state index in [2.05, 4.69) is 29.4 Å². The maximum atomic E-state index is 13.2. The van der Waals surface area contributed by atoms with Gasteiger partial charge in [-0.2, -0.15) is 5.10 Å². The minimum atomic E-state index is -0.347. The number of likely N-dealkylation sites (tertiary alicyclic amines) is 1. The van der Waals surface area contributed by atoms with Gasteiger partial charge in [-0.05, 0) is 68.1 Å². The molecule has 31 heavy (non-hydrogen) atoms. The maximum absolute atomic E-state index is 13.2. The maximum Gasteiger partial charge on any atom is 0.254 e. The smallest absolute Gasteiger partial charge is 0.254 e. The fourth-order valence-electron chi connectivity index (χ4n) is 4.32. The average Bonchev–Trinajstić information content (AvgIpc) is 3.40. The van der Waals surface area contributed by atoms with Crippen LogP contribution in [0.25, 0.3) is 11.1 Å². The van der Waals surface area contributed by atoms with Crippen molar-refractivity contribution >= 4 is 17.8 Å². The Labute approximate surface area is 181 Å². The molecule has 1 fully saturated rings. The predicted molar refractivity (Wildman–Crippen MR) is 120 cm³/mol. The van der Waals surface area contributed by atoms with Gasteiger partial charge in [-0.3, -0.25) is 9.89 Å². The molecule has 0 aliphatic carbocycles. The highest BCUT2D eigenvalue weighted by Gasteiger charge is 2.41. The van der Waals surface area contributed by atoms with Gasteiger partial charge >= 0.3 is 0 Å². The molecule has 1 aromatic heterocycles. The van der Waals surface area contributed by atoms with E-state index in [1.807, 2.05) is 29.3 Å². The van der Waals surface area contributed by atoms with E-state index in [4.69, 9.17) is 5.41 Å². The van der Waals surface area contributed by atoms with Crippen LogP contribution < -0.4 is 5.32 Å². The van der Waals surface area contributed by atoms with Gasteiger partial charge in [0.05, 0.1) is 6.20 Å². The number of nitrogens with zero attached hydrogens (tertiary/aromatic N) is 2. The van der Waals surface area contributed by atoms with Gasteiger partial charge in [0.2, 0.25) is 0 Å². The summed E-state index contributed by atoms with van der Waals surface area (Å²) in [6.45, 7) is 5.46. The molecule has 1 unspecified atom stereocenters. The van der Waals surface area contributed by atoms with Crippen molar-refractivity contribution < 1.29 is 9.18 Å². The molecule has 4 rings (SSSR count). The van der Waals surface area contributed by atoms with Crippen LogP contribution in [-0.4, -0.2) is 45.8 Å². The van der Waals surface area contributed by atoms with Gasteiger partial charge in [0.25, 0.3) is 5.91 Å². The lowest BCUT2D eigenvalue weighted by Gasteiger charge is -2.31. The molecule has 0 bridgehead atoms. The minimum absolute atomic E-state index is 0.0721. The van der Waals surface area contributed by atoms with Gasteiger partial charge in [0, 0.05) is 53.4 Å². The lowest BCUT2D eigenvalue weighted by atomic mass is 9.96. The molecule has 6 nitrogen and oxygen atoms in total. The van der Waals surface area contributed by atoms with Crippen LogP contribution in [0.15, 0.2) is 54.9 Å². The van der Waals surface area contributed by atoms with E-state index in [0.29, 0.717) is 18.7 Å². The molecule has 0 radical (unpaired) electrons. The Hall–Kier alpha value is -3.48. The van der Waals surface area contributed by atoms with Crippen molar-refractivity contribution in [2.75, 3.05) is 18.4 Å². The summed E-state index contributed by atoms with van der Waals surface area (Å²) >= 11 is 0. The fraction of sp³-hybridized carbons (Fsp3) is 0.292. The third kappa shape index (κ3) is 4.35. The van der Waals surface area contributed by atoms with Crippen molar-refractivity contribution in [2.45, 2.75) is 25.8 Å². The molecular formula is C24H26FN5O. The third-order valence-corrected chi connectivity index (χ3v) is 5.92. The summed E-state index contributed by atoms with van der Waals surface area (Å²) < 4.78 is 13.2. The number of benzene rings is 2. The molecule has 1 amide bonds. The van der Waals surface area contributed by atoms with E-state index in [0.717, 1.165) is 28.8 Å². The molecule has 2 aromatic carbocycles. The van der Waals surface area contributed by atoms with Crippen LogP contribution in [-0.2, 0) is 0 Å². The second kappa shape index (κ2) is 8.34.